The molecule has 11 heteroatoms. The molecule has 0 spiro atoms. The second-order valence-corrected chi connectivity index (χ2v) is 9.51. The molecule has 39 heavy (non-hydrogen) atoms. The van der Waals surface area contributed by atoms with Crippen LogP contribution in [0, 0.1) is 11.6 Å². The first-order valence-electron chi connectivity index (χ1n) is 12.7. The van der Waals surface area contributed by atoms with Crippen LogP contribution in [-0.2, 0) is 14.3 Å². The Bertz CT molecular complexity index is 1210. The number of amides is 3. The molecule has 0 saturated carbocycles. The Balaban J connectivity index is 0.00000420. The van der Waals surface area contributed by atoms with Crippen molar-refractivity contribution in [2.45, 2.75) is 38.1 Å². The van der Waals surface area contributed by atoms with Crippen molar-refractivity contribution in [2.75, 3.05) is 33.3 Å². The van der Waals surface area contributed by atoms with Gasteiger partial charge < -0.3 is 15.0 Å². The second kappa shape index (κ2) is 13.5. The number of piperidine rings is 1. The number of rotatable bonds is 9. The van der Waals surface area contributed by atoms with E-state index >= 15 is 0 Å². The average Bonchev–Trinajstić information content (AvgIpc) is 2.93. The smallest absolute Gasteiger partial charge is 0.341 e. The first-order chi connectivity index (χ1) is 18.3. The number of nitrogens with zero attached hydrogens (tertiary/aromatic N) is 3. The fourth-order valence-electron chi connectivity index (χ4n) is 5.23. The van der Waals surface area contributed by atoms with E-state index in [4.69, 9.17) is 4.74 Å². The standard InChI is InChI=1S/C28H32F2N4O4.ClH/c1-19-25(27(36)38-2)26(22-9-10-23(29)24(30)17-22)31-28(37)34(19)33(18-35)14-6-13-32-15-11-21(12-16-32)20-7-4-3-5-8-20;/h3-5,7-10,17-18,21,26H,6,11-16H2,1-2H3,(H,31,37);1H. The van der Waals surface area contributed by atoms with E-state index in [9.17, 15) is 23.2 Å². The lowest BCUT2D eigenvalue weighted by atomic mass is 9.89. The number of halogens is 3. The molecule has 2 aliphatic heterocycles. The van der Waals surface area contributed by atoms with Crippen molar-refractivity contribution in [3.05, 3.63) is 82.6 Å². The number of urea groups is 1. The molecule has 0 bridgehead atoms. The summed E-state index contributed by atoms with van der Waals surface area (Å²) < 4.78 is 32.3. The van der Waals surface area contributed by atoms with Gasteiger partial charge in [0.15, 0.2) is 11.6 Å². The molecule has 2 aliphatic rings. The van der Waals surface area contributed by atoms with Crippen LogP contribution in [0.25, 0.3) is 0 Å². The second-order valence-electron chi connectivity index (χ2n) is 9.51. The Hall–Kier alpha value is -3.50. The number of ether oxygens (including phenoxy) is 1. The molecule has 0 aromatic heterocycles. The van der Waals surface area contributed by atoms with Gasteiger partial charge in [0, 0.05) is 6.54 Å². The molecule has 2 aromatic carbocycles. The van der Waals surface area contributed by atoms with Crippen molar-refractivity contribution in [3.63, 3.8) is 0 Å². The summed E-state index contributed by atoms with van der Waals surface area (Å²) in [5, 5.41) is 4.94. The Morgan fingerprint density at radius 3 is 2.41 bits per heavy atom. The zero-order chi connectivity index (χ0) is 27.2. The lowest BCUT2D eigenvalue weighted by molar-refractivity contribution is -0.138. The molecule has 1 fully saturated rings. The minimum absolute atomic E-state index is 0. The molecule has 4 rings (SSSR count). The third-order valence-corrected chi connectivity index (χ3v) is 7.24. The van der Waals surface area contributed by atoms with Gasteiger partial charge in [-0.25, -0.2) is 28.4 Å². The normalized spacial score (nSPS) is 18.3. The van der Waals surface area contributed by atoms with Gasteiger partial charge in [-0.1, -0.05) is 36.4 Å². The molecule has 3 amide bonds. The van der Waals surface area contributed by atoms with E-state index in [2.05, 4.69) is 34.5 Å². The van der Waals surface area contributed by atoms with Crippen LogP contribution in [-0.4, -0.2) is 66.6 Å². The number of hydrogen-bond acceptors (Lipinski definition) is 5. The Labute approximate surface area is 233 Å². The number of allylic oxidation sites excluding steroid dienone is 1. The summed E-state index contributed by atoms with van der Waals surface area (Å²) in [6.45, 7) is 4.42. The van der Waals surface area contributed by atoms with Gasteiger partial charge in [0.25, 0.3) is 0 Å². The van der Waals surface area contributed by atoms with Gasteiger partial charge in [-0.05, 0) is 75.0 Å². The van der Waals surface area contributed by atoms with Crippen molar-refractivity contribution in [2.24, 2.45) is 0 Å². The number of esters is 1. The molecule has 210 valence electrons. The fourth-order valence-corrected chi connectivity index (χ4v) is 5.23. The van der Waals surface area contributed by atoms with E-state index in [0.717, 1.165) is 49.6 Å². The lowest BCUT2D eigenvalue weighted by Crippen LogP contribution is -2.55. The monoisotopic (exact) mass is 562 g/mol. The lowest BCUT2D eigenvalue weighted by Gasteiger charge is -2.39. The highest BCUT2D eigenvalue weighted by atomic mass is 35.5. The highest BCUT2D eigenvalue weighted by Crippen LogP contribution is 2.33. The van der Waals surface area contributed by atoms with Gasteiger partial charge in [-0.2, -0.15) is 0 Å². The maximum absolute atomic E-state index is 13.9. The zero-order valence-corrected chi connectivity index (χ0v) is 22.8. The summed E-state index contributed by atoms with van der Waals surface area (Å²) >= 11 is 0. The van der Waals surface area contributed by atoms with Crippen LogP contribution >= 0.6 is 12.4 Å². The van der Waals surface area contributed by atoms with Crippen molar-refractivity contribution in [3.8, 4) is 0 Å². The van der Waals surface area contributed by atoms with Crippen molar-refractivity contribution < 1.29 is 27.9 Å². The molecule has 0 aliphatic carbocycles. The number of carbonyl (C=O) groups is 3. The van der Waals surface area contributed by atoms with Crippen LogP contribution in [0.3, 0.4) is 0 Å². The van der Waals surface area contributed by atoms with Crippen LogP contribution in [0.1, 0.15) is 49.3 Å². The van der Waals surface area contributed by atoms with Crippen LogP contribution in [0.2, 0.25) is 0 Å². The number of likely N-dealkylation sites (tertiary alicyclic amines) is 1. The minimum atomic E-state index is -1.11. The number of hydrazine groups is 1. The van der Waals surface area contributed by atoms with E-state index in [-0.39, 0.29) is 35.8 Å². The van der Waals surface area contributed by atoms with Crippen molar-refractivity contribution in [1.82, 2.24) is 20.2 Å². The molecule has 1 N–H and O–H groups in total. The highest BCUT2D eigenvalue weighted by molar-refractivity contribution is 5.95. The maximum atomic E-state index is 13.9. The fraction of sp³-hybridized carbons (Fsp3) is 0.393. The summed E-state index contributed by atoms with van der Waals surface area (Å²) in [7, 11) is 1.18. The largest absolute Gasteiger partial charge is 0.466 e. The topological polar surface area (TPSA) is 82.2 Å². The third kappa shape index (κ3) is 6.75. The highest BCUT2D eigenvalue weighted by Gasteiger charge is 2.39. The Morgan fingerprint density at radius 2 is 1.79 bits per heavy atom. The van der Waals surface area contributed by atoms with Gasteiger partial charge >= 0.3 is 12.0 Å². The summed E-state index contributed by atoms with van der Waals surface area (Å²) in [4.78, 5) is 40.1. The summed E-state index contributed by atoms with van der Waals surface area (Å²) in [6, 6.07) is 11.9. The molecule has 1 unspecified atom stereocenters. The molecular formula is C28H33ClF2N4O4. The van der Waals surface area contributed by atoms with E-state index < -0.39 is 29.7 Å². The molecule has 1 atom stereocenters. The molecule has 2 aromatic rings. The summed E-state index contributed by atoms with van der Waals surface area (Å²) in [5.41, 5.74) is 1.73. The molecule has 2 heterocycles. The van der Waals surface area contributed by atoms with E-state index in [1.165, 1.54) is 30.7 Å². The third-order valence-electron chi connectivity index (χ3n) is 7.24. The number of nitrogens with one attached hydrogen (secondary N) is 1. The van der Waals surface area contributed by atoms with Gasteiger partial charge in [0.2, 0.25) is 6.41 Å². The summed E-state index contributed by atoms with van der Waals surface area (Å²) in [5.74, 6) is -2.37. The zero-order valence-electron chi connectivity index (χ0n) is 21.9. The SMILES string of the molecule is COC(=O)C1=C(C)N(N(C=O)CCCN2CCC(c3ccccc3)CC2)C(=O)NC1c1ccc(F)c(F)c1.Cl. The van der Waals surface area contributed by atoms with E-state index in [1.807, 2.05) is 6.07 Å². The number of methoxy groups -OCH3 is 1. The van der Waals surface area contributed by atoms with Crippen molar-refractivity contribution >= 4 is 30.8 Å². The van der Waals surface area contributed by atoms with Gasteiger partial charge in [0.05, 0.1) is 24.4 Å². The van der Waals surface area contributed by atoms with E-state index in [1.54, 1.807) is 0 Å². The molecule has 8 nitrogen and oxygen atoms in total. The van der Waals surface area contributed by atoms with Crippen LogP contribution < -0.4 is 5.32 Å². The average molecular weight is 563 g/mol. The van der Waals surface area contributed by atoms with Gasteiger partial charge in [-0.3, -0.25) is 4.79 Å². The first kappa shape index (κ1) is 30.0. The molecule has 1 saturated heterocycles. The van der Waals surface area contributed by atoms with Crippen LogP contribution in [0.15, 0.2) is 59.8 Å². The maximum Gasteiger partial charge on any atom is 0.341 e. The predicted molar refractivity (Wildman–Crippen MR) is 144 cm³/mol. The molecule has 0 radical (unpaired) electrons. The van der Waals surface area contributed by atoms with Crippen molar-refractivity contribution in [1.29, 1.82) is 0 Å². The quantitative estimate of drug-likeness (QED) is 0.358. The van der Waals surface area contributed by atoms with Crippen LogP contribution in [0.4, 0.5) is 13.6 Å². The number of carbonyl (C=O) groups excluding carboxylic acids is 3. The predicted octanol–water partition coefficient (Wildman–Crippen LogP) is 4.54. The Kier molecular flexibility index (Phi) is 10.4. The van der Waals surface area contributed by atoms with E-state index in [0.29, 0.717) is 18.7 Å². The molecular weight excluding hydrogens is 530 g/mol. The number of benzene rings is 2. The Morgan fingerprint density at radius 1 is 1.10 bits per heavy atom. The van der Waals surface area contributed by atoms with Crippen LogP contribution in [0.5, 0.6) is 0 Å². The number of hydrogen-bond donors (Lipinski definition) is 1. The summed E-state index contributed by atoms with van der Waals surface area (Å²) in [6.07, 6.45) is 3.28. The van der Waals surface area contributed by atoms with Gasteiger partial charge in [0.1, 0.15) is 0 Å². The minimum Gasteiger partial charge on any atom is -0.466 e. The van der Waals surface area contributed by atoms with Gasteiger partial charge in [-0.15, -0.1) is 12.4 Å². The first-order valence-corrected chi connectivity index (χ1v) is 12.7.